The van der Waals surface area contributed by atoms with E-state index in [-0.39, 0.29) is 24.2 Å². The van der Waals surface area contributed by atoms with Crippen molar-refractivity contribution in [3.63, 3.8) is 0 Å². The Labute approximate surface area is 198 Å². The van der Waals surface area contributed by atoms with Crippen LogP contribution in [0.25, 0.3) is 10.2 Å². The van der Waals surface area contributed by atoms with Gasteiger partial charge < -0.3 is 14.5 Å². The maximum Gasteiger partial charge on any atom is 0.307 e. The van der Waals surface area contributed by atoms with Crippen LogP contribution in [0.1, 0.15) is 35.3 Å². The highest BCUT2D eigenvalue weighted by atomic mass is 32.1. The molecule has 1 saturated heterocycles. The SMILES string of the molecule is COC(=O)CCN(Cc1ccccc1)C(=O)C1CCN(c2ncnc3sc(C)c(C)c23)CC1. The van der Waals surface area contributed by atoms with Gasteiger partial charge in [-0.15, -0.1) is 11.3 Å². The summed E-state index contributed by atoms with van der Waals surface area (Å²) in [6.45, 7) is 6.64. The fourth-order valence-corrected chi connectivity index (χ4v) is 5.39. The smallest absolute Gasteiger partial charge is 0.307 e. The monoisotopic (exact) mass is 466 g/mol. The maximum absolute atomic E-state index is 13.4. The number of hydrogen-bond acceptors (Lipinski definition) is 7. The Kier molecular flexibility index (Phi) is 7.23. The van der Waals surface area contributed by atoms with Crippen LogP contribution in [-0.2, 0) is 20.9 Å². The van der Waals surface area contributed by atoms with Crippen molar-refractivity contribution in [3.05, 3.63) is 52.7 Å². The van der Waals surface area contributed by atoms with Crippen molar-refractivity contribution in [3.8, 4) is 0 Å². The minimum Gasteiger partial charge on any atom is -0.469 e. The molecule has 33 heavy (non-hydrogen) atoms. The molecular formula is C25H30N4O3S. The van der Waals surface area contributed by atoms with Gasteiger partial charge in [0.2, 0.25) is 5.91 Å². The van der Waals surface area contributed by atoms with Gasteiger partial charge in [0.25, 0.3) is 0 Å². The first kappa shape index (κ1) is 23.2. The summed E-state index contributed by atoms with van der Waals surface area (Å²) in [6, 6.07) is 9.90. The first-order valence-corrected chi connectivity index (χ1v) is 12.1. The molecule has 0 aliphatic carbocycles. The van der Waals surface area contributed by atoms with Gasteiger partial charge in [0.15, 0.2) is 0 Å². The van der Waals surface area contributed by atoms with Crippen LogP contribution in [0, 0.1) is 19.8 Å². The summed E-state index contributed by atoms with van der Waals surface area (Å²) >= 11 is 1.70. The Morgan fingerprint density at radius 2 is 1.88 bits per heavy atom. The van der Waals surface area contributed by atoms with Gasteiger partial charge in [-0.2, -0.15) is 0 Å². The Hall–Kier alpha value is -3.00. The Balaban J connectivity index is 1.45. The summed E-state index contributed by atoms with van der Waals surface area (Å²) in [5, 5.41) is 1.13. The molecule has 7 nitrogen and oxygen atoms in total. The summed E-state index contributed by atoms with van der Waals surface area (Å²) in [4.78, 5) is 40.6. The zero-order chi connectivity index (χ0) is 23.4. The molecule has 2 aromatic heterocycles. The minimum absolute atomic E-state index is 0.0646. The van der Waals surface area contributed by atoms with Crippen LogP contribution in [0.3, 0.4) is 0 Å². The van der Waals surface area contributed by atoms with Crippen molar-refractivity contribution < 1.29 is 14.3 Å². The molecule has 0 unspecified atom stereocenters. The molecule has 0 spiro atoms. The number of piperidine rings is 1. The summed E-state index contributed by atoms with van der Waals surface area (Å²) < 4.78 is 4.79. The lowest BCUT2D eigenvalue weighted by Crippen LogP contribution is -2.43. The fraction of sp³-hybridized carbons (Fsp3) is 0.440. The van der Waals surface area contributed by atoms with E-state index in [2.05, 4.69) is 28.7 Å². The number of carbonyl (C=O) groups excluding carboxylic acids is 2. The van der Waals surface area contributed by atoms with Gasteiger partial charge in [-0.3, -0.25) is 9.59 Å². The Morgan fingerprint density at radius 1 is 1.15 bits per heavy atom. The third kappa shape index (κ3) is 5.16. The standard InChI is InChI=1S/C25H30N4O3S/c1-17-18(2)33-24-22(17)23(26-16-27-24)28-12-9-20(10-13-28)25(31)29(14-11-21(30)32-3)15-19-7-5-4-6-8-19/h4-8,16,20H,9-15H2,1-3H3. The molecule has 0 saturated carbocycles. The number of thiophene rings is 1. The van der Waals surface area contributed by atoms with Crippen molar-refractivity contribution >= 4 is 39.2 Å². The molecule has 0 bridgehead atoms. The van der Waals surface area contributed by atoms with E-state index in [9.17, 15) is 9.59 Å². The number of fused-ring (bicyclic) bond motifs is 1. The quantitative estimate of drug-likeness (QED) is 0.488. The number of aromatic nitrogens is 2. The van der Waals surface area contributed by atoms with Crippen LogP contribution in [-0.4, -0.2) is 53.5 Å². The van der Waals surface area contributed by atoms with Gasteiger partial charge in [0, 0.05) is 37.0 Å². The summed E-state index contributed by atoms with van der Waals surface area (Å²) in [7, 11) is 1.38. The van der Waals surface area contributed by atoms with E-state index in [0.29, 0.717) is 13.1 Å². The lowest BCUT2D eigenvalue weighted by Gasteiger charge is -2.35. The maximum atomic E-state index is 13.4. The van der Waals surface area contributed by atoms with E-state index in [4.69, 9.17) is 4.74 Å². The van der Waals surface area contributed by atoms with Crippen molar-refractivity contribution in [1.82, 2.24) is 14.9 Å². The van der Waals surface area contributed by atoms with Crippen molar-refractivity contribution in [2.24, 2.45) is 5.92 Å². The third-order valence-electron chi connectivity index (χ3n) is 6.43. The van der Waals surface area contributed by atoms with E-state index in [0.717, 1.165) is 47.5 Å². The second-order valence-electron chi connectivity index (χ2n) is 8.49. The Bertz CT molecular complexity index is 1120. The predicted octanol–water partition coefficient (Wildman–Crippen LogP) is 4.12. The number of aryl methyl sites for hydroxylation is 2. The molecule has 1 aliphatic rings. The van der Waals surface area contributed by atoms with Crippen LogP contribution in [0.15, 0.2) is 36.7 Å². The number of methoxy groups -OCH3 is 1. The third-order valence-corrected chi connectivity index (χ3v) is 7.55. The molecule has 1 aromatic carbocycles. The predicted molar refractivity (Wildman–Crippen MR) is 130 cm³/mol. The van der Waals surface area contributed by atoms with Crippen LogP contribution in [0.5, 0.6) is 0 Å². The summed E-state index contributed by atoms with van der Waals surface area (Å²) in [5.41, 5.74) is 2.29. The molecule has 3 heterocycles. The lowest BCUT2D eigenvalue weighted by molar-refractivity contribution is -0.142. The fourth-order valence-electron chi connectivity index (χ4n) is 4.40. The van der Waals surface area contributed by atoms with Gasteiger partial charge in [0.1, 0.15) is 17.0 Å². The average Bonchev–Trinajstić information content (AvgIpc) is 3.15. The number of nitrogens with zero attached hydrogens (tertiary/aromatic N) is 4. The molecule has 174 valence electrons. The second-order valence-corrected chi connectivity index (χ2v) is 9.70. The van der Waals surface area contributed by atoms with E-state index in [1.165, 1.54) is 17.6 Å². The molecular weight excluding hydrogens is 436 g/mol. The molecule has 0 atom stereocenters. The number of rotatable bonds is 7. The molecule has 8 heteroatoms. The van der Waals surface area contributed by atoms with Gasteiger partial charge in [-0.1, -0.05) is 30.3 Å². The number of anilines is 1. The van der Waals surface area contributed by atoms with E-state index >= 15 is 0 Å². The van der Waals surface area contributed by atoms with Crippen molar-refractivity contribution in [1.29, 1.82) is 0 Å². The highest BCUT2D eigenvalue weighted by Crippen LogP contribution is 2.35. The van der Waals surface area contributed by atoms with Gasteiger partial charge in [0.05, 0.1) is 18.9 Å². The highest BCUT2D eigenvalue weighted by molar-refractivity contribution is 7.18. The van der Waals surface area contributed by atoms with Crippen molar-refractivity contribution in [2.75, 3.05) is 31.6 Å². The van der Waals surface area contributed by atoms with E-state index in [1.54, 1.807) is 17.7 Å². The molecule has 1 aliphatic heterocycles. The molecule has 0 N–H and O–H groups in total. The van der Waals surface area contributed by atoms with Gasteiger partial charge in [-0.05, 0) is 37.8 Å². The average molecular weight is 467 g/mol. The van der Waals surface area contributed by atoms with Crippen LogP contribution < -0.4 is 4.90 Å². The number of amides is 1. The highest BCUT2D eigenvalue weighted by Gasteiger charge is 2.30. The second kappa shape index (κ2) is 10.3. The summed E-state index contributed by atoms with van der Waals surface area (Å²) in [5.74, 6) is 0.715. The molecule has 0 radical (unpaired) electrons. The normalized spacial score (nSPS) is 14.5. The van der Waals surface area contributed by atoms with E-state index < -0.39 is 0 Å². The van der Waals surface area contributed by atoms with Crippen LogP contribution >= 0.6 is 11.3 Å². The van der Waals surface area contributed by atoms with Crippen LogP contribution in [0.4, 0.5) is 5.82 Å². The van der Waals surface area contributed by atoms with Gasteiger partial charge in [-0.25, -0.2) is 9.97 Å². The Morgan fingerprint density at radius 3 is 2.58 bits per heavy atom. The zero-order valence-electron chi connectivity index (χ0n) is 19.4. The van der Waals surface area contributed by atoms with E-state index in [1.807, 2.05) is 35.2 Å². The molecule has 1 amide bonds. The van der Waals surface area contributed by atoms with Crippen molar-refractivity contribution in [2.45, 2.75) is 39.7 Å². The largest absolute Gasteiger partial charge is 0.469 e. The molecule has 3 aromatic rings. The number of ether oxygens (including phenoxy) is 1. The van der Waals surface area contributed by atoms with Gasteiger partial charge >= 0.3 is 5.97 Å². The summed E-state index contributed by atoms with van der Waals surface area (Å²) in [6.07, 6.45) is 3.36. The first-order valence-electron chi connectivity index (χ1n) is 11.3. The number of hydrogen-bond donors (Lipinski definition) is 0. The molecule has 1 fully saturated rings. The number of benzene rings is 1. The number of carbonyl (C=O) groups is 2. The van der Waals surface area contributed by atoms with Crippen LogP contribution in [0.2, 0.25) is 0 Å². The number of esters is 1. The zero-order valence-corrected chi connectivity index (χ0v) is 20.2. The molecule has 4 rings (SSSR count). The minimum atomic E-state index is -0.301. The first-order chi connectivity index (χ1) is 16.0. The topological polar surface area (TPSA) is 75.6 Å². The lowest BCUT2D eigenvalue weighted by atomic mass is 9.94.